The van der Waals surface area contributed by atoms with E-state index in [0.717, 1.165) is 31.9 Å². The first-order valence-corrected chi connectivity index (χ1v) is 6.45. The van der Waals surface area contributed by atoms with Crippen LogP contribution in [0.15, 0.2) is 18.2 Å². The topological polar surface area (TPSA) is 24.5 Å². The molecule has 92 valence electrons. The van der Waals surface area contributed by atoms with Gasteiger partial charge in [-0.15, -0.1) is 0 Å². The van der Waals surface area contributed by atoms with E-state index in [1.165, 1.54) is 11.1 Å². The maximum absolute atomic E-state index is 5.99. The van der Waals surface area contributed by atoms with E-state index < -0.39 is 0 Å². The Morgan fingerprint density at radius 1 is 1.24 bits per heavy atom. The van der Waals surface area contributed by atoms with Crippen LogP contribution in [0.3, 0.4) is 0 Å². The molecule has 0 aromatic heterocycles. The van der Waals surface area contributed by atoms with Crippen LogP contribution >= 0.6 is 0 Å². The van der Waals surface area contributed by atoms with Crippen LogP contribution in [0.2, 0.25) is 0 Å². The maximum atomic E-state index is 5.99. The number of ether oxygens (including phenoxy) is 1. The van der Waals surface area contributed by atoms with Crippen LogP contribution in [0, 0.1) is 0 Å². The molecule has 1 fully saturated rings. The minimum Gasteiger partial charge on any atom is -0.488 e. The van der Waals surface area contributed by atoms with Crippen LogP contribution in [0.1, 0.15) is 25.0 Å². The minimum atomic E-state index is 0.379. The summed E-state index contributed by atoms with van der Waals surface area (Å²) in [6.07, 6.45) is 0.379. The van der Waals surface area contributed by atoms with E-state index in [2.05, 4.69) is 42.3 Å². The van der Waals surface area contributed by atoms with Crippen molar-refractivity contribution in [3.05, 3.63) is 29.3 Å². The van der Waals surface area contributed by atoms with E-state index in [9.17, 15) is 0 Å². The summed E-state index contributed by atoms with van der Waals surface area (Å²) in [6, 6.07) is 7.11. The van der Waals surface area contributed by atoms with Crippen molar-refractivity contribution >= 4 is 0 Å². The standard InChI is InChI=1S/C14H20N2O/c1-10(2)16-8-14(9-16)17-13-4-3-11-6-15-7-12(11)5-13/h3-5,10,14-15H,6-9H2,1-2H3. The van der Waals surface area contributed by atoms with Crippen molar-refractivity contribution < 1.29 is 4.74 Å². The average Bonchev–Trinajstić information content (AvgIpc) is 2.69. The first-order chi connectivity index (χ1) is 8.22. The van der Waals surface area contributed by atoms with Crippen LogP contribution in [0.5, 0.6) is 5.75 Å². The highest BCUT2D eigenvalue weighted by Crippen LogP contribution is 2.24. The van der Waals surface area contributed by atoms with Gasteiger partial charge in [0.05, 0.1) is 0 Å². The number of benzene rings is 1. The number of hydrogen-bond acceptors (Lipinski definition) is 3. The largest absolute Gasteiger partial charge is 0.488 e. The fraction of sp³-hybridized carbons (Fsp3) is 0.571. The van der Waals surface area contributed by atoms with Gasteiger partial charge in [0.2, 0.25) is 0 Å². The molecule has 0 spiro atoms. The molecular formula is C14H20N2O. The van der Waals surface area contributed by atoms with Crippen molar-refractivity contribution in [3.63, 3.8) is 0 Å². The smallest absolute Gasteiger partial charge is 0.124 e. The number of nitrogens with one attached hydrogen (secondary N) is 1. The molecule has 0 bridgehead atoms. The van der Waals surface area contributed by atoms with E-state index >= 15 is 0 Å². The number of rotatable bonds is 3. The molecule has 1 saturated heterocycles. The summed E-state index contributed by atoms with van der Waals surface area (Å²) < 4.78 is 5.99. The quantitative estimate of drug-likeness (QED) is 0.859. The van der Waals surface area contributed by atoms with Crippen molar-refractivity contribution in [1.29, 1.82) is 0 Å². The predicted octanol–water partition coefficient (Wildman–Crippen LogP) is 1.76. The molecule has 1 aromatic rings. The van der Waals surface area contributed by atoms with Gasteiger partial charge in [-0.3, -0.25) is 4.90 Å². The van der Waals surface area contributed by atoms with Gasteiger partial charge in [0, 0.05) is 32.2 Å². The van der Waals surface area contributed by atoms with Gasteiger partial charge in [0.1, 0.15) is 11.9 Å². The molecule has 2 aliphatic rings. The minimum absolute atomic E-state index is 0.379. The zero-order chi connectivity index (χ0) is 11.8. The van der Waals surface area contributed by atoms with Gasteiger partial charge < -0.3 is 10.1 Å². The molecule has 2 heterocycles. The molecule has 17 heavy (non-hydrogen) atoms. The lowest BCUT2D eigenvalue weighted by molar-refractivity contribution is 0.000119. The van der Waals surface area contributed by atoms with Gasteiger partial charge in [0.15, 0.2) is 0 Å². The summed E-state index contributed by atoms with van der Waals surface area (Å²) in [7, 11) is 0. The summed E-state index contributed by atoms with van der Waals surface area (Å²) in [4.78, 5) is 2.43. The van der Waals surface area contributed by atoms with E-state index in [1.54, 1.807) is 0 Å². The van der Waals surface area contributed by atoms with Crippen molar-refractivity contribution in [1.82, 2.24) is 10.2 Å². The van der Waals surface area contributed by atoms with Gasteiger partial charge in [-0.05, 0) is 37.1 Å². The van der Waals surface area contributed by atoms with Gasteiger partial charge in [-0.2, -0.15) is 0 Å². The van der Waals surface area contributed by atoms with Crippen LogP contribution in [-0.4, -0.2) is 30.1 Å². The van der Waals surface area contributed by atoms with Crippen molar-refractivity contribution in [3.8, 4) is 5.75 Å². The number of fused-ring (bicyclic) bond motifs is 1. The van der Waals surface area contributed by atoms with Gasteiger partial charge in [0.25, 0.3) is 0 Å². The number of nitrogens with zero attached hydrogens (tertiary/aromatic N) is 1. The van der Waals surface area contributed by atoms with Crippen LogP contribution in [-0.2, 0) is 13.1 Å². The second-order valence-corrected chi connectivity index (χ2v) is 5.32. The fourth-order valence-electron chi connectivity index (χ4n) is 2.50. The lowest BCUT2D eigenvalue weighted by Gasteiger charge is -2.41. The molecular weight excluding hydrogens is 212 g/mol. The molecule has 0 amide bonds. The zero-order valence-corrected chi connectivity index (χ0v) is 10.6. The summed E-state index contributed by atoms with van der Waals surface area (Å²) in [6.45, 7) is 8.57. The molecule has 0 aliphatic carbocycles. The van der Waals surface area contributed by atoms with Crippen molar-refractivity contribution in [2.45, 2.75) is 39.1 Å². The molecule has 1 aromatic carbocycles. The van der Waals surface area contributed by atoms with Crippen LogP contribution < -0.4 is 10.1 Å². The van der Waals surface area contributed by atoms with Crippen molar-refractivity contribution in [2.24, 2.45) is 0 Å². The third-order valence-electron chi connectivity index (χ3n) is 3.72. The summed E-state index contributed by atoms with van der Waals surface area (Å²) in [5, 5.41) is 3.35. The Hall–Kier alpha value is -1.06. The normalized spacial score (nSPS) is 20.4. The molecule has 3 rings (SSSR count). The van der Waals surface area contributed by atoms with E-state index in [4.69, 9.17) is 4.74 Å². The van der Waals surface area contributed by atoms with Crippen LogP contribution in [0.25, 0.3) is 0 Å². The third-order valence-corrected chi connectivity index (χ3v) is 3.72. The summed E-state index contributed by atoms with van der Waals surface area (Å²) >= 11 is 0. The Morgan fingerprint density at radius 3 is 2.76 bits per heavy atom. The molecule has 0 unspecified atom stereocenters. The van der Waals surface area contributed by atoms with Crippen molar-refractivity contribution in [2.75, 3.05) is 13.1 Å². The molecule has 0 radical (unpaired) electrons. The molecule has 3 heteroatoms. The molecule has 1 N–H and O–H groups in total. The van der Waals surface area contributed by atoms with E-state index in [0.29, 0.717) is 12.1 Å². The van der Waals surface area contributed by atoms with Gasteiger partial charge in [-0.25, -0.2) is 0 Å². The molecule has 2 aliphatic heterocycles. The predicted molar refractivity (Wildman–Crippen MR) is 68.1 cm³/mol. The van der Waals surface area contributed by atoms with Gasteiger partial charge in [-0.1, -0.05) is 6.07 Å². The number of likely N-dealkylation sites (tertiary alicyclic amines) is 1. The Kier molecular flexibility index (Phi) is 2.81. The maximum Gasteiger partial charge on any atom is 0.124 e. The van der Waals surface area contributed by atoms with E-state index in [1.807, 2.05) is 0 Å². The highest BCUT2D eigenvalue weighted by molar-refractivity contribution is 5.37. The lowest BCUT2D eigenvalue weighted by atomic mass is 10.1. The van der Waals surface area contributed by atoms with Crippen LogP contribution in [0.4, 0.5) is 0 Å². The monoisotopic (exact) mass is 232 g/mol. The highest BCUT2D eigenvalue weighted by atomic mass is 16.5. The number of hydrogen-bond donors (Lipinski definition) is 1. The second-order valence-electron chi connectivity index (χ2n) is 5.32. The lowest BCUT2D eigenvalue weighted by Crippen LogP contribution is -2.56. The van der Waals surface area contributed by atoms with E-state index in [-0.39, 0.29) is 0 Å². The molecule has 0 saturated carbocycles. The summed E-state index contributed by atoms with van der Waals surface area (Å²) in [5.74, 6) is 1.03. The average molecular weight is 232 g/mol. The first kappa shape index (κ1) is 11.1. The highest BCUT2D eigenvalue weighted by Gasteiger charge is 2.30. The summed E-state index contributed by atoms with van der Waals surface area (Å²) in [5.41, 5.74) is 2.80. The zero-order valence-electron chi connectivity index (χ0n) is 10.6. The van der Waals surface area contributed by atoms with Gasteiger partial charge >= 0.3 is 0 Å². The fourth-order valence-corrected chi connectivity index (χ4v) is 2.50. The second kappa shape index (κ2) is 4.31. The first-order valence-electron chi connectivity index (χ1n) is 6.45. The third kappa shape index (κ3) is 2.17. The Balaban J connectivity index is 1.60. The molecule has 3 nitrogen and oxygen atoms in total. The Labute approximate surface area is 103 Å². The molecule has 0 atom stereocenters. The SMILES string of the molecule is CC(C)N1CC(Oc2ccc3c(c2)CNC3)C1. The Morgan fingerprint density at radius 2 is 2.00 bits per heavy atom. The Bertz CT molecular complexity index is 411.